The van der Waals surface area contributed by atoms with E-state index in [2.05, 4.69) is 4.98 Å². The molecule has 0 radical (unpaired) electrons. The highest BCUT2D eigenvalue weighted by Crippen LogP contribution is 2.34. The number of hydrogen-bond donors (Lipinski definition) is 0. The monoisotopic (exact) mass is 421 g/mol. The van der Waals surface area contributed by atoms with Crippen LogP contribution in [-0.4, -0.2) is 52.8 Å². The Hall–Kier alpha value is -3.09. The van der Waals surface area contributed by atoms with Crippen LogP contribution >= 0.6 is 0 Å². The quantitative estimate of drug-likeness (QED) is 0.624. The number of nitrogens with zero attached hydrogens (tertiary/aromatic N) is 3. The summed E-state index contributed by atoms with van der Waals surface area (Å²) in [5.41, 5.74) is 2.09. The summed E-state index contributed by atoms with van der Waals surface area (Å²) < 4.78 is 11.3. The average Bonchev–Trinajstić information content (AvgIpc) is 3.43. The van der Waals surface area contributed by atoms with Gasteiger partial charge >= 0.3 is 0 Å². The van der Waals surface area contributed by atoms with Gasteiger partial charge in [0.15, 0.2) is 17.2 Å². The first-order valence-electron chi connectivity index (χ1n) is 11.2. The lowest BCUT2D eigenvalue weighted by Crippen LogP contribution is -2.37. The molecule has 2 fully saturated rings. The van der Waals surface area contributed by atoms with Gasteiger partial charge in [-0.2, -0.15) is 0 Å². The number of carbonyl (C=O) groups excluding carboxylic acids is 2. The van der Waals surface area contributed by atoms with Gasteiger partial charge in [-0.15, -0.1) is 0 Å². The number of carbonyl (C=O) groups is 2. The number of oxazole rings is 1. The molecule has 1 saturated heterocycles. The van der Waals surface area contributed by atoms with Crippen LogP contribution in [0.5, 0.6) is 0 Å². The third-order valence-corrected chi connectivity index (χ3v) is 6.41. The number of rotatable bonds is 3. The molecule has 31 heavy (non-hydrogen) atoms. The predicted molar refractivity (Wildman–Crippen MR) is 115 cm³/mol. The third kappa shape index (κ3) is 4.09. The predicted octanol–water partition coefficient (Wildman–Crippen LogP) is 4.46. The summed E-state index contributed by atoms with van der Waals surface area (Å²) in [5, 5.41) is 0. The molecule has 1 saturated carbocycles. The molecule has 3 heterocycles. The van der Waals surface area contributed by atoms with Crippen LogP contribution in [0.1, 0.15) is 71.2 Å². The van der Waals surface area contributed by atoms with Crippen LogP contribution in [0, 0.1) is 0 Å². The zero-order valence-corrected chi connectivity index (χ0v) is 17.6. The molecule has 0 unspecified atom stereocenters. The van der Waals surface area contributed by atoms with E-state index in [1.807, 2.05) is 23.1 Å². The largest absolute Gasteiger partial charge is 0.459 e. The van der Waals surface area contributed by atoms with E-state index in [1.54, 1.807) is 17.0 Å². The SMILES string of the molecule is O=C(c1ccc2nc(C3CCCCC3)oc2c1)N1CCCN(C(=O)c2ccco2)CC1. The summed E-state index contributed by atoms with van der Waals surface area (Å²) in [5.74, 6) is 1.37. The minimum atomic E-state index is -0.127. The molecule has 7 nitrogen and oxygen atoms in total. The number of furan rings is 1. The topological polar surface area (TPSA) is 79.8 Å². The second kappa shape index (κ2) is 8.57. The number of amides is 2. The van der Waals surface area contributed by atoms with Gasteiger partial charge in [0, 0.05) is 37.7 Å². The fourth-order valence-corrected chi connectivity index (χ4v) is 4.66. The van der Waals surface area contributed by atoms with Gasteiger partial charge in [-0.05, 0) is 49.6 Å². The zero-order valence-electron chi connectivity index (χ0n) is 17.6. The molecule has 0 atom stereocenters. The van der Waals surface area contributed by atoms with Crippen LogP contribution < -0.4 is 0 Å². The molecule has 162 valence electrons. The molecule has 1 aliphatic carbocycles. The van der Waals surface area contributed by atoms with E-state index in [-0.39, 0.29) is 11.8 Å². The first-order chi connectivity index (χ1) is 15.2. The van der Waals surface area contributed by atoms with Crippen molar-refractivity contribution in [2.75, 3.05) is 26.2 Å². The maximum absolute atomic E-state index is 13.2. The first-order valence-corrected chi connectivity index (χ1v) is 11.2. The van der Waals surface area contributed by atoms with E-state index in [0.29, 0.717) is 49.0 Å². The van der Waals surface area contributed by atoms with Crippen molar-refractivity contribution in [1.29, 1.82) is 0 Å². The summed E-state index contributed by atoms with van der Waals surface area (Å²) in [6.07, 6.45) is 8.22. The van der Waals surface area contributed by atoms with Crippen LogP contribution in [0.3, 0.4) is 0 Å². The van der Waals surface area contributed by atoms with Crippen LogP contribution in [0.25, 0.3) is 11.1 Å². The number of aromatic nitrogens is 1. The molecule has 0 bridgehead atoms. The highest BCUT2D eigenvalue weighted by molar-refractivity contribution is 5.97. The molecule has 7 heteroatoms. The lowest BCUT2D eigenvalue weighted by molar-refractivity contribution is 0.0700. The second-order valence-electron chi connectivity index (χ2n) is 8.48. The molecule has 2 aliphatic rings. The van der Waals surface area contributed by atoms with Crippen LogP contribution in [-0.2, 0) is 0 Å². The summed E-state index contributed by atoms with van der Waals surface area (Å²) in [7, 11) is 0. The zero-order chi connectivity index (χ0) is 21.2. The van der Waals surface area contributed by atoms with Crippen molar-refractivity contribution in [1.82, 2.24) is 14.8 Å². The molecular formula is C24H27N3O4. The average molecular weight is 421 g/mol. The van der Waals surface area contributed by atoms with Crippen molar-refractivity contribution in [3.8, 4) is 0 Å². The van der Waals surface area contributed by atoms with Gasteiger partial charge in [-0.3, -0.25) is 9.59 Å². The van der Waals surface area contributed by atoms with Gasteiger partial charge in [0.25, 0.3) is 11.8 Å². The molecule has 0 spiro atoms. The van der Waals surface area contributed by atoms with Gasteiger partial charge in [0.2, 0.25) is 0 Å². The smallest absolute Gasteiger partial charge is 0.289 e. The first kappa shape index (κ1) is 19.8. The van der Waals surface area contributed by atoms with Crippen molar-refractivity contribution in [2.24, 2.45) is 0 Å². The number of fused-ring (bicyclic) bond motifs is 1. The number of benzene rings is 1. The minimum Gasteiger partial charge on any atom is -0.459 e. The van der Waals surface area contributed by atoms with E-state index in [1.165, 1.54) is 25.5 Å². The minimum absolute atomic E-state index is 0.0372. The maximum atomic E-state index is 13.2. The summed E-state index contributed by atoms with van der Waals surface area (Å²) in [6, 6.07) is 8.90. The Morgan fingerprint density at radius 3 is 2.42 bits per heavy atom. The molecule has 1 aromatic carbocycles. The van der Waals surface area contributed by atoms with Gasteiger partial charge in [0.1, 0.15) is 5.52 Å². The van der Waals surface area contributed by atoms with E-state index >= 15 is 0 Å². The molecule has 2 amide bonds. The molecule has 2 aromatic heterocycles. The molecule has 1 aliphatic heterocycles. The fourth-order valence-electron chi connectivity index (χ4n) is 4.66. The summed E-state index contributed by atoms with van der Waals surface area (Å²) >= 11 is 0. The third-order valence-electron chi connectivity index (χ3n) is 6.41. The van der Waals surface area contributed by atoms with Crippen molar-refractivity contribution in [3.63, 3.8) is 0 Å². The highest BCUT2D eigenvalue weighted by Gasteiger charge is 2.26. The second-order valence-corrected chi connectivity index (χ2v) is 8.48. The van der Waals surface area contributed by atoms with Crippen LogP contribution in [0.15, 0.2) is 45.4 Å². The van der Waals surface area contributed by atoms with Crippen molar-refractivity contribution in [3.05, 3.63) is 53.8 Å². The van der Waals surface area contributed by atoms with Crippen molar-refractivity contribution < 1.29 is 18.4 Å². The standard InChI is InChI=1S/C24H27N3O4/c28-23(26-11-5-12-27(14-13-26)24(29)20-8-4-15-30-20)18-9-10-19-21(16-18)31-22(25-19)17-6-2-1-3-7-17/h4,8-10,15-17H,1-3,5-7,11-14H2. The van der Waals surface area contributed by atoms with E-state index < -0.39 is 0 Å². The Balaban J connectivity index is 1.28. The lowest BCUT2D eigenvalue weighted by atomic mass is 9.89. The Labute approximate surface area is 181 Å². The Morgan fingerprint density at radius 2 is 1.68 bits per heavy atom. The van der Waals surface area contributed by atoms with Gasteiger partial charge < -0.3 is 18.6 Å². The molecule has 5 rings (SSSR count). The van der Waals surface area contributed by atoms with Crippen LogP contribution in [0.2, 0.25) is 0 Å². The fraction of sp³-hybridized carbons (Fsp3) is 0.458. The van der Waals surface area contributed by atoms with Gasteiger partial charge in [-0.1, -0.05) is 19.3 Å². The Bertz CT molecular complexity index is 1070. The number of hydrogen-bond acceptors (Lipinski definition) is 5. The van der Waals surface area contributed by atoms with Crippen molar-refractivity contribution >= 4 is 22.9 Å². The molecule has 0 N–H and O–H groups in total. The van der Waals surface area contributed by atoms with Gasteiger partial charge in [-0.25, -0.2) is 4.98 Å². The molecule has 3 aromatic rings. The Kier molecular flexibility index (Phi) is 5.49. The normalized spacial score (nSPS) is 18.3. The van der Waals surface area contributed by atoms with Gasteiger partial charge in [0.05, 0.1) is 6.26 Å². The van der Waals surface area contributed by atoms with E-state index in [0.717, 1.165) is 30.7 Å². The van der Waals surface area contributed by atoms with Crippen LogP contribution in [0.4, 0.5) is 0 Å². The Morgan fingerprint density at radius 1 is 0.903 bits per heavy atom. The maximum Gasteiger partial charge on any atom is 0.289 e. The lowest BCUT2D eigenvalue weighted by Gasteiger charge is -2.21. The van der Waals surface area contributed by atoms with E-state index in [4.69, 9.17) is 8.83 Å². The van der Waals surface area contributed by atoms with E-state index in [9.17, 15) is 9.59 Å². The summed E-state index contributed by atoms with van der Waals surface area (Å²) in [6.45, 7) is 2.20. The summed E-state index contributed by atoms with van der Waals surface area (Å²) in [4.78, 5) is 33.9. The molecular weight excluding hydrogens is 394 g/mol. The highest BCUT2D eigenvalue weighted by atomic mass is 16.3. The van der Waals surface area contributed by atoms with Crippen molar-refractivity contribution in [2.45, 2.75) is 44.4 Å².